The zero-order valence-electron chi connectivity index (χ0n) is 24.0. The number of ether oxygens (including phenoxy) is 2. The molecule has 0 radical (unpaired) electrons. The van der Waals surface area contributed by atoms with E-state index in [1.165, 1.54) is 0 Å². The number of anilines is 1. The molecule has 0 N–H and O–H groups in total. The Morgan fingerprint density at radius 2 is 1.68 bits per heavy atom. The lowest BCUT2D eigenvalue weighted by atomic mass is 10.0. The summed E-state index contributed by atoms with van der Waals surface area (Å²) in [7, 11) is 1.54. The van der Waals surface area contributed by atoms with E-state index in [0.29, 0.717) is 37.7 Å². The molecule has 4 rings (SSSR count). The van der Waals surface area contributed by atoms with Gasteiger partial charge in [0.1, 0.15) is 12.4 Å². The molecule has 1 aromatic heterocycles. The van der Waals surface area contributed by atoms with E-state index in [9.17, 15) is 9.59 Å². The first kappa shape index (κ1) is 29.3. The summed E-state index contributed by atoms with van der Waals surface area (Å²) in [6, 6.07) is 17.5. The van der Waals surface area contributed by atoms with Crippen molar-refractivity contribution in [3.63, 3.8) is 0 Å². The predicted octanol–water partition coefficient (Wildman–Crippen LogP) is 6.37. The Bertz CT molecular complexity index is 1240. The maximum absolute atomic E-state index is 13.9. The third kappa shape index (κ3) is 7.92. The fourth-order valence-corrected chi connectivity index (χ4v) is 4.97. The molecule has 0 aliphatic carbocycles. The van der Waals surface area contributed by atoms with Crippen molar-refractivity contribution in [3.8, 4) is 16.9 Å². The molecule has 0 fully saturated rings. The van der Waals surface area contributed by atoms with Gasteiger partial charge in [-0.1, -0.05) is 45.2 Å². The number of pyridine rings is 1. The molecule has 0 atom stereocenters. The van der Waals surface area contributed by atoms with Crippen LogP contribution in [-0.4, -0.2) is 55.1 Å². The van der Waals surface area contributed by atoms with Crippen LogP contribution in [0.5, 0.6) is 5.75 Å². The van der Waals surface area contributed by atoms with E-state index in [1.54, 1.807) is 13.3 Å². The summed E-state index contributed by atoms with van der Waals surface area (Å²) in [5.74, 6) is 1.08. The fraction of sp³-hybridized carbons (Fsp3) is 0.424. The molecule has 0 unspecified atom stereocenters. The summed E-state index contributed by atoms with van der Waals surface area (Å²) in [5, 5.41) is 0. The monoisotopic (exact) mass is 543 g/mol. The zero-order chi connectivity index (χ0) is 28.3. The van der Waals surface area contributed by atoms with Crippen molar-refractivity contribution in [2.75, 3.05) is 38.3 Å². The Labute approximate surface area is 238 Å². The van der Waals surface area contributed by atoms with Crippen LogP contribution in [0.2, 0.25) is 0 Å². The van der Waals surface area contributed by atoms with Gasteiger partial charge in [0, 0.05) is 50.4 Å². The van der Waals surface area contributed by atoms with E-state index in [2.05, 4.69) is 24.9 Å². The Morgan fingerprint density at radius 1 is 0.925 bits per heavy atom. The molecule has 7 nitrogen and oxygen atoms in total. The lowest BCUT2D eigenvalue weighted by molar-refractivity contribution is -0.122. The van der Waals surface area contributed by atoms with Gasteiger partial charge >= 0.3 is 0 Å². The molecular formula is C33H41N3O4. The van der Waals surface area contributed by atoms with Crippen LogP contribution < -0.4 is 9.64 Å². The molecule has 212 valence electrons. The van der Waals surface area contributed by atoms with Crippen LogP contribution >= 0.6 is 0 Å². The van der Waals surface area contributed by atoms with Gasteiger partial charge in [-0.15, -0.1) is 0 Å². The van der Waals surface area contributed by atoms with Crippen LogP contribution in [0.25, 0.3) is 11.1 Å². The van der Waals surface area contributed by atoms with Crippen LogP contribution in [0.3, 0.4) is 0 Å². The second kappa shape index (κ2) is 14.6. The van der Waals surface area contributed by atoms with Crippen molar-refractivity contribution in [1.82, 2.24) is 9.88 Å². The molecular weight excluding hydrogens is 502 g/mol. The van der Waals surface area contributed by atoms with Gasteiger partial charge in [0.25, 0.3) is 11.8 Å². The van der Waals surface area contributed by atoms with Gasteiger partial charge in [0.2, 0.25) is 0 Å². The van der Waals surface area contributed by atoms with Crippen molar-refractivity contribution < 1.29 is 19.1 Å². The lowest BCUT2D eigenvalue weighted by Crippen LogP contribution is -2.37. The first-order valence-electron chi connectivity index (χ1n) is 14.3. The first-order valence-corrected chi connectivity index (χ1v) is 14.3. The van der Waals surface area contributed by atoms with Crippen molar-refractivity contribution in [2.24, 2.45) is 5.92 Å². The molecule has 2 aromatic carbocycles. The molecule has 0 spiro atoms. The van der Waals surface area contributed by atoms with Gasteiger partial charge in [0.05, 0.1) is 6.61 Å². The first-order chi connectivity index (χ1) is 19.5. The van der Waals surface area contributed by atoms with Crippen LogP contribution in [0.4, 0.5) is 5.69 Å². The molecule has 1 aliphatic heterocycles. The normalized spacial score (nSPS) is 14.7. The standard InChI is InChI=1S/C33H41N3O4/c1-25(2)23-40-30-14-11-26(12-15-30)33(38)35-18-7-5-4-6-8-19-36(32(37)24-39-3)31-16-13-27(20-29(31)22-35)28-10-9-17-34-21-28/h9-17,20-21,25H,4-8,18-19,22-24H2,1-3H3. The molecule has 0 bridgehead atoms. The van der Waals surface area contributed by atoms with Crippen molar-refractivity contribution in [2.45, 2.75) is 52.5 Å². The van der Waals surface area contributed by atoms with Crippen LogP contribution in [-0.2, 0) is 16.1 Å². The molecule has 7 heteroatoms. The second-order valence-corrected chi connectivity index (χ2v) is 10.8. The number of amides is 2. The molecule has 3 aromatic rings. The Balaban J connectivity index is 1.70. The third-order valence-electron chi connectivity index (χ3n) is 7.08. The summed E-state index contributed by atoms with van der Waals surface area (Å²) in [6.45, 7) is 6.52. The number of carbonyl (C=O) groups is 2. The average Bonchev–Trinajstić information content (AvgIpc) is 2.96. The average molecular weight is 544 g/mol. The molecule has 0 saturated carbocycles. The van der Waals surface area contributed by atoms with Gasteiger partial charge in [-0.3, -0.25) is 14.6 Å². The lowest BCUT2D eigenvalue weighted by Gasteiger charge is -2.30. The van der Waals surface area contributed by atoms with E-state index in [0.717, 1.165) is 60.2 Å². The number of fused-ring (bicyclic) bond motifs is 1. The Hall–Kier alpha value is -3.71. The van der Waals surface area contributed by atoms with Crippen LogP contribution in [0.1, 0.15) is 61.9 Å². The van der Waals surface area contributed by atoms with Gasteiger partial charge in [-0.2, -0.15) is 0 Å². The van der Waals surface area contributed by atoms with Gasteiger partial charge in [0.15, 0.2) is 0 Å². The second-order valence-electron chi connectivity index (χ2n) is 10.8. The topological polar surface area (TPSA) is 72.0 Å². The molecule has 2 heterocycles. The van der Waals surface area contributed by atoms with E-state index >= 15 is 0 Å². The minimum atomic E-state index is -0.0789. The third-order valence-corrected chi connectivity index (χ3v) is 7.08. The van der Waals surface area contributed by atoms with E-state index < -0.39 is 0 Å². The number of nitrogens with zero attached hydrogens (tertiary/aromatic N) is 3. The molecule has 40 heavy (non-hydrogen) atoms. The highest BCUT2D eigenvalue weighted by molar-refractivity contribution is 5.96. The van der Waals surface area contributed by atoms with E-state index in [4.69, 9.17) is 9.47 Å². The zero-order valence-corrected chi connectivity index (χ0v) is 24.0. The predicted molar refractivity (Wildman–Crippen MR) is 159 cm³/mol. The fourth-order valence-electron chi connectivity index (χ4n) is 4.97. The number of hydrogen-bond acceptors (Lipinski definition) is 5. The summed E-state index contributed by atoms with van der Waals surface area (Å²) in [5.41, 5.74) is 4.36. The van der Waals surface area contributed by atoms with Crippen molar-refractivity contribution in [3.05, 3.63) is 78.1 Å². The quantitative estimate of drug-likeness (QED) is 0.346. The minimum absolute atomic E-state index is 0.0116. The highest BCUT2D eigenvalue weighted by Gasteiger charge is 2.23. The molecule has 1 aliphatic rings. The van der Waals surface area contributed by atoms with Crippen molar-refractivity contribution >= 4 is 17.5 Å². The van der Waals surface area contributed by atoms with E-state index in [-0.39, 0.29) is 18.4 Å². The Kier molecular flexibility index (Phi) is 10.7. The SMILES string of the molecule is COCC(=O)N1CCCCCCCN(C(=O)c2ccc(OCC(C)C)cc2)Cc2cc(-c3cccnc3)ccc21. The minimum Gasteiger partial charge on any atom is -0.493 e. The highest BCUT2D eigenvalue weighted by Crippen LogP contribution is 2.30. The Morgan fingerprint density at radius 3 is 2.38 bits per heavy atom. The van der Waals surface area contributed by atoms with Gasteiger partial charge < -0.3 is 19.3 Å². The number of carbonyl (C=O) groups excluding carboxylic acids is 2. The van der Waals surface area contributed by atoms with Gasteiger partial charge in [-0.25, -0.2) is 0 Å². The number of aromatic nitrogens is 1. The number of methoxy groups -OCH3 is 1. The number of benzene rings is 2. The maximum Gasteiger partial charge on any atom is 0.254 e. The molecule has 2 amide bonds. The maximum atomic E-state index is 13.9. The van der Waals surface area contributed by atoms with Crippen LogP contribution in [0.15, 0.2) is 67.0 Å². The highest BCUT2D eigenvalue weighted by atomic mass is 16.5. The summed E-state index contributed by atoms with van der Waals surface area (Å²) in [4.78, 5) is 35.1. The van der Waals surface area contributed by atoms with Crippen LogP contribution in [0, 0.1) is 5.92 Å². The summed E-state index contributed by atoms with van der Waals surface area (Å²) >= 11 is 0. The number of hydrogen-bond donors (Lipinski definition) is 0. The summed E-state index contributed by atoms with van der Waals surface area (Å²) < 4.78 is 11.0. The smallest absolute Gasteiger partial charge is 0.254 e. The van der Waals surface area contributed by atoms with E-state index in [1.807, 2.05) is 64.5 Å². The molecule has 0 saturated heterocycles. The van der Waals surface area contributed by atoms with Crippen molar-refractivity contribution in [1.29, 1.82) is 0 Å². The largest absolute Gasteiger partial charge is 0.493 e. The summed E-state index contributed by atoms with van der Waals surface area (Å²) in [6.07, 6.45) is 8.59. The van der Waals surface area contributed by atoms with Gasteiger partial charge in [-0.05, 0) is 77.9 Å². The number of rotatable bonds is 7.